The number of ether oxygens (including phenoxy) is 1. The van der Waals surface area contributed by atoms with Gasteiger partial charge in [0.1, 0.15) is 11.6 Å². The number of hydrogen-bond donors (Lipinski definition) is 2. The number of aryl methyl sites for hydroxylation is 1. The van der Waals surface area contributed by atoms with E-state index in [1.165, 1.54) is 18.2 Å². The first-order valence-electron chi connectivity index (χ1n) is 9.03. The average molecular weight is 423 g/mol. The molecule has 9 heteroatoms. The fraction of sp³-hybridized carbons (Fsp3) is 0.400. The van der Waals surface area contributed by atoms with Crippen LogP contribution < -0.4 is 15.4 Å². The number of halogens is 1. The Hall–Kier alpha value is -2.68. The van der Waals surface area contributed by atoms with Gasteiger partial charge in [-0.05, 0) is 37.1 Å². The van der Waals surface area contributed by atoms with Crippen LogP contribution >= 0.6 is 0 Å². The molecule has 0 saturated carbocycles. The van der Waals surface area contributed by atoms with E-state index in [1.807, 2.05) is 13.8 Å². The lowest BCUT2D eigenvalue weighted by Crippen LogP contribution is -2.37. The van der Waals surface area contributed by atoms with Crippen molar-refractivity contribution in [2.45, 2.75) is 32.7 Å². The van der Waals surface area contributed by atoms with E-state index in [9.17, 15) is 12.8 Å². The largest absolute Gasteiger partial charge is 0.496 e. The predicted molar refractivity (Wildman–Crippen MR) is 112 cm³/mol. The zero-order valence-corrected chi connectivity index (χ0v) is 18.2. The van der Waals surface area contributed by atoms with Crippen LogP contribution in [0.15, 0.2) is 29.4 Å². The molecule has 0 bridgehead atoms. The highest BCUT2D eigenvalue weighted by Crippen LogP contribution is 2.23. The van der Waals surface area contributed by atoms with Crippen LogP contribution in [0.2, 0.25) is 0 Å². The summed E-state index contributed by atoms with van der Waals surface area (Å²) in [6.45, 7) is 4.52. The van der Waals surface area contributed by atoms with Crippen molar-refractivity contribution in [1.82, 2.24) is 15.6 Å². The molecule has 158 valence electrons. The fourth-order valence-electron chi connectivity index (χ4n) is 3.00. The third kappa shape index (κ3) is 6.42. The number of aromatic nitrogens is 1. The molecule has 0 amide bonds. The van der Waals surface area contributed by atoms with E-state index in [0.29, 0.717) is 23.6 Å². The van der Waals surface area contributed by atoms with Crippen LogP contribution in [0.3, 0.4) is 0 Å². The van der Waals surface area contributed by atoms with Gasteiger partial charge in [0.05, 0.1) is 25.1 Å². The van der Waals surface area contributed by atoms with E-state index in [-0.39, 0.29) is 12.3 Å². The Morgan fingerprint density at radius 3 is 2.52 bits per heavy atom. The van der Waals surface area contributed by atoms with E-state index < -0.39 is 15.7 Å². The Labute approximate surface area is 171 Å². The highest BCUT2D eigenvalue weighted by molar-refractivity contribution is 7.89. The van der Waals surface area contributed by atoms with Gasteiger partial charge in [0.25, 0.3) is 0 Å². The van der Waals surface area contributed by atoms with Crippen molar-refractivity contribution in [3.63, 3.8) is 0 Å². The van der Waals surface area contributed by atoms with E-state index in [4.69, 9.17) is 4.74 Å². The summed E-state index contributed by atoms with van der Waals surface area (Å²) in [6.07, 6.45) is 2.91. The van der Waals surface area contributed by atoms with Crippen molar-refractivity contribution < 1.29 is 17.5 Å². The minimum atomic E-state index is -3.23. The molecular weight excluding hydrogens is 395 g/mol. The lowest BCUT2D eigenvalue weighted by Gasteiger charge is -2.16. The summed E-state index contributed by atoms with van der Waals surface area (Å²) in [5, 5.41) is 6.25. The second kappa shape index (κ2) is 9.69. The highest BCUT2D eigenvalue weighted by Gasteiger charge is 2.12. The Balaban J connectivity index is 2.08. The zero-order chi connectivity index (χ0) is 21.6. The van der Waals surface area contributed by atoms with Crippen LogP contribution in [-0.2, 0) is 28.7 Å². The minimum Gasteiger partial charge on any atom is -0.496 e. The smallest absolute Gasteiger partial charge is 0.191 e. The van der Waals surface area contributed by atoms with E-state index in [0.717, 1.165) is 28.8 Å². The average Bonchev–Trinajstić information content (AvgIpc) is 2.64. The molecule has 2 rings (SSSR count). The molecular formula is C20H27FN4O3S. The van der Waals surface area contributed by atoms with E-state index in [1.54, 1.807) is 20.4 Å². The molecule has 0 saturated heterocycles. The van der Waals surface area contributed by atoms with Gasteiger partial charge >= 0.3 is 0 Å². The monoisotopic (exact) mass is 422 g/mol. The second-order valence-electron chi connectivity index (χ2n) is 6.81. The number of guanidine groups is 1. The summed E-state index contributed by atoms with van der Waals surface area (Å²) < 4.78 is 42.3. The predicted octanol–water partition coefficient (Wildman–Crippen LogP) is 2.26. The van der Waals surface area contributed by atoms with Crippen molar-refractivity contribution >= 4 is 15.8 Å². The standard InChI is InChI=1S/C20H27FN4O3S/c1-13-9-23-18(14(2)19(13)28-4)11-25-20(22-3)24-10-16-8-17(21)7-6-15(16)12-29(5,26)27/h6-9H,10-12H2,1-5H3,(H2,22,24,25). The van der Waals surface area contributed by atoms with Gasteiger partial charge in [-0.3, -0.25) is 9.98 Å². The van der Waals surface area contributed by atoms with Crippen LogP contribution in [0, 0.1) is 19.7 Å². The lowest BCUT2D eigenvalue weighted by molar-refractivity contribution is 0.406. The van der Waals surface area contributed by atoms with Gasteiger partial charge in [-0.1, -0.05) is 6.07 Å². The molecule has 0 aliphatic carbocycles. The summed E-state index contributed by atoms with van der Waals surface area (Å²) in [6, 6.07) is 4.09. The second-order valence-corrected chi connectivity index (χ2v) is 8.95. The molecule has 1 heterocycles. The summed E-state index contributed by atoms with van der Waals surface area (Å²) in [4.78, 5) is 8.59. The third-order valence-electron chi connectivity index (χ3n) is 4.43. The topological polar surface area (TPSA) is 92.7 Å². The molecule has 0 aliphatic rings. The first kappa shape index (κ1) is 22.6. The number of nitrogens with one attached hydrogen (secondary N) is 2. The van der Waals surface area contributed by atoms with Gasteiger partial charge < -0.3 is 15.4 Å². The van der Waals surface area contributed by atoms with Crippen LogP contribution in [0.1, 0.15) is 27.9 Å². The number of sulfone groups is 1. The number of aliphatic imine (C=N–C) groups is 1. The molecule has 0 spiro atoms. The molecule has 1 aromatic heterocycles. The van der Waals surface area contributed by atoms with Gasteiger partial charge in [0.2, 0.25) is 0 Å². The summed E-state index contributed by atoms with van der Waals surface area (Å²) in [7, 11) is 0.0104. The molecule has 0 radical (unpaired) electrons. The Morgan fingerprint density at radius 1 is 1.21 bits per heavy atom. The normalized spacial score (nSPS) is 12.0. The van der Waals surface area contributed by atoms with Gasteiger partial charge in [-0.25, -0.2) is 12.8 Å². The fourth-order valence-corrected chi connectivity index (χ4v) is 3.85. The molecule has 7 nitrogen and oxygen atoms in total. The van der Waals surface area contributed by atoms with Crippen molar-refractivity contribution in [1.29, 1.82) is 0 Å². The maximum absolute atomic E-state index is 13.7. The quantitative estimate of drug-likeness (QED) is 0.525. The van der Waals surface area contributed by atoms with Gasteiger partial charge in [0, 0.05) is 37.2 Å². The lowest BCUT2D eigenvalue weighted by atomic mass is 10.1. The molecule has 0 atom stereocenters. The maximum atomic E-state index is 13.7. The van der Waals surface area contributed by atoms with Crippen molar-refractivity contribution in [2.75, 3.05) is 20.4 Å². The van der Waals surface area contributed by atoms with Crippen LogP contribution in [-0.4, -0.2) is 39.8 Å². The van der Waals surface area contributed by atoms with Crippen molar-refractivity contribution in [3.8, 4) is 5.75 Å². The third-order valence-corrected chi connectivity index (χ3v) is 5.26. The Morgan fingerprint density at radius 2 is 1.90 bits per heavy atom. The molecule has 29 heavy (non-hydrogen) atoms. The zero-order valence-electron chi connectivity index (χ0n) is 17.3. The first-order chi connectivity index (χ1) is 13.6. The SMILES string of the molecule is CN=C(NCc1cc(F)ccc1CS(C)(=O)=O)NCc1ncc(C)c(OC)c1C. The summed E-state index contributed by atoms with van der Waals surface area (Å²) >= 11 is 0. The number of hydrogen-bond acceptors (Lipinski definition) is 5. The molecule has 2 N–H and O–H groups in total. The van der Waals surface area contributed by atoms with Crippen LogP contribution in [0.25, 0.3) is 0 Å². The number of rotatable bonds is 7. The minimum absolute atomic E-state index is 0.150. The van der Waals surface area contributed by atoms with Gasteiger partial charge in [-0.2, -0.15) is 0 Å². The van der Waals surface area contributed by atoms with Gasteiger partial charge in [0.15, 0.2) is 15.8 Å². The first-order valence-corrected chi connectivity index (χ1v) is 11.1. The number of methoxy groups -OCH3 is 1. The number of pyridine rings is 1. The van der Waals surface area contributed by atoms with Crippen molar-refractivity contribution in [2.24, 2.45) is 4.99 Å². The van der Waals surface area contributed by atoms with Crippen LogP contribution in [0.4, 0.5) is 4.39 Å². The molecule has 0 aliphatic heterocycles. The number of nitrogens with zero attached hydrogens (tertiary/aromatic N) is 2. The highest BCUT2D eigenvalue weighted by atomic mass is 32.2. The molecule has 0 fully saturated rings. The van der Waals surface area contributed by atoms with E-state index in [2.05, 4.69) is 20.6 Å². The Bertz CT molecular complexity index is 1010. The molecule has 2 aromatic rings. The van der Waals surface area contributed by atoms with E-state index >= 15 is 0 Å². The van der Waals surface area contributed by atoms with Crippen LogP contribution in [0.5, 0.6) is 5.75 Å². The summed E-state index contributed by atoms with van der Waals surface area (Å²) in [5.74, 6) is 0.710. The maximum Gasteiger partial charge on any atom is 0.191 e. The Kier molecular flexibility index (Phi) is 7.55. The van der Waals surface area contributed by atoms with Crippen molar-refractivity contribution in [3.05, 3.63) is 58.2 Å². The molecule has 0 unspecified atom stereocenters. The molecule has 1 aromatic carbocycles. The number of benzene rings is 1. The van der Waals surface area contributed by atoms with Gasteiger partial charge in [-0.15, -0.1) is 0 Å². The summed E-state index contributed by atoms with van der Waals surface area (Å²) in [5.41, 5.74) is 3.83.